The first-order valence-corrected chi connectivity index (χ1v) is 9.18. The van der Waals surface area contributed by atoms with Gasteiger partial charge in [0, 0.05) is 19.6 Å². The minimum absolute atomic E-state index is 0. The molecule has 0 rings (SSSR count). The van der Waals surface area contributed by atoms with Crippen LogP contribution >= 0.6 is 12.4 Å². The highest BCUT2D eigenvalue weighted by Crippen LogP contribution is 2.09. The van der Waals surface area contributed by atoms with Crippen LogP contribution in [0.1, 0.15) is 53.4 Å². The van der Waals surface area contributed by atoms with Crippen molar-refractivity contribution in [3.63, 3.8) is 0 Å². The second-order valence-electron chi connectivity index (χ2n) is 6.16. The first-order valence-electron chi connectivity index (χ1n) is 7.74. The van der Waals surface area contributed by atoms with Gasteiger partial charge in [-0.25, -0.2) is 4.72 Å². The lowest BCUT2D eigenvalue weighted by atomic mass is 10.1. The quantitative estimate of drug-likeness (QED) is 0.534. The summed E-state index contributed by atoms with van der Waals surface area (Å²) >= 11 is 0. The smallest absolute Gasteiger partial charge is 0.279 e. The van der Waals surface area contributed by atoms with Crippen molar-refractivity contribution in [2.75, 3.05) is 26.2 Å². The molecule has 0 bridgehead atoms. The summed E-state index contributed by atoms with van der Waals surface area (Å²) < 4.78 is 28.9. The van der Waals surface area contributed by atoms with E-state index < -0.39 is 10.2 Å². The summed E-state index contributed by atoms with van der Waals surface area (Å²) in [5.74, 6) is 1.01. The Hall–Kier alpha value is 0.120. The number of unbranched alkanes of at least 4 members (excludes halogenated alkanes) is 1. The van der Waals surface area contributed by atoms with Crippen LogP contribution in [0.5, 0.6) is 0 Å². The molecule has 5 nitrogen and oxygen atoms in total. The van der Waals surface area contributed by atoms with Gasteiger partial charge in [0.25, 0.3) is 10.2 Å². The molecule has 0 unspecified atom stereocenters. The molecule has 0 aliphatic heterocycles. The number of nitrogens with one attached hydrogen (secondary N) is 1. The second kappa shape index (κ2) is 12.6. The maximum atomic E-state index is 12.3. The molecular weight excluding hydrogens is 310 g/mol. The molecule has 0 atom stereocenters. The average molecular weight is 344 g/mol. The van der Waals surface area contributed by atoms with E-state index in [1.807, 2.05) is 0 Å². The maximum absolute atomic E-state index is 12.3. The fourth-order valence-electron chi connectivity index (χ4n) is 1.72. The van der Waals surface area contributed by atoms with Crippen LogP contribution in [-0.2, 0) is 10.2 Å². The van der Waals surface area contributed by atoms with Crippen molar-refractivity contribution >= 4 is 22.6 Å². The van der Waals surface area contributed by atoms with Crippen molar-refractivity contribution in [1.82, 2.24) is 9.03 Å². The number of hydrogen-bond acceptors (Lipinski definition) is 3. The Morgan fingerprint density at radius 2 is 1.48 bits per heavy atom. The van der Waals surface area contributed by atoms with E-state index in [1.54, 1.807) is 4.31 Å². The second-order valence-corrected chi connectivity index (χ2v) is 7.91. The molecule has 0 spiro atoms. The Bertz CT molecular complexity index is 323. The zero-order valence-corrected chi connectivity index (χ0v) is 15.6. The van der Waals surface area contributed by atoms with Gasteiger partial charge >= 0.3 is 0 Å². The molecule has 130 valence electrons. The molecule has 7 heteroatoms. The molecule has 0 amide bonds. The lowest BCUT2D eigenvalue weighted by molar-refractivity contribution is 0.352. The molecule has 0 aliphatic rings. The van der Waals surface area contributed by atoms with Crippen LogP contribution in [0.2, 0.25) is 0 Å². The zero-order chi connectivity index (χ0) is 15.6. The largest absolute Gasteiger partial charge is 0.330 e. The van der Waals surface area contributed by atoms with E-state index in [2.05, 4.69) is 32.4 Å². The number of nitrogens with zero attached hydrogens (tertiary/aromatic N) is 1. The zero-order valence-electron chi connectivity index (χ0n) is 14.0. The fourth-order valence-corrected chi connectivity index (χ4v) is 2.99. The third-order valence-corrected chi connectivity index (χ3v) is 4.78. The summed E-state index contributed by atoms with van der Waals surface area (Å²) in [7, 11) is -3.35. The van der Waals surface area contributed by atoms with E-state index >= 15 is 0 Å². The van der Waals surface area contributed by atoms with E-state index in [0.29, 0.717) is 38.0 Å². The van der Waals surface area contributed by atoms with E-state index in [4.69, 9.17) is 5.73 Å². The van der Waals surface area contributed by atoms with Gasteiger partial charge in [-0.15, -0.1) is 12.4 Å². The summed E-state index contributed by atoms with van der Waals surface area (Å²) in [6.45, 7) is 10.7. The molecule has 3 N–H and O–H groups in total. The Balaban J connectivity index is 0. The predicted molar refractivity (Wildman–Crippen MR) is 92.9 cm³/mol. The molecule has 0 radical (unpaired) electrons. The SMILES string of the molecule is CC(C)CCN(CCC(C)C)S(=O)(=O)NCCCCN.Cl. The molecule has 0 saturated heterocycles. The summed E-state index contributed by atoms with van der Waals surface area (Å²) in [6.07, 6.45) is 3.42. The van der Waals surface area contributed by atoms with Crippen molar-refractivity contribution in [1.29, 1.82) is 0 Å². The van der Waals surface area contributed by atoms with Gasteiger partial charge in [0.05, 0.1) is 0 Å². The summed E-state index contributed by atoms with van der Waals surface area (Å²) in [6, 6.07) is 0. The van der Waals surface area contributed by atoms with Crippen molar-refractivity contribution in [2.24, 2.45) is 17.6 Å². The summed E-state index contributed by atoms with van der Waals surface area (Å²) in [4.78, 5) is 0. The van der Waals surface area contributed by atoms with Gasteiger partial charge in [0.15, 0.2) is 0 Å². The van der Waals surface area contributed by atoms with Crippen LogP contribution < -0.4 is 10.5 Å². The van der Waals surface area contributed by atoms with E-state index in [1.165, 1.54) is 0 Å². The fraction of sp³-hybridized carbons (Fsp3) is 1.00. The molecule has 0 heterocycles. The highest BCUT2D eigenvalue weighted by Gasteiger charge is 2.21. The van der Waals surface area contributed by atoms with Gasteiger partial charge in [-0.1, -0.05) is 27.7 Å². The molecule has 0 aromatic carbocycles. The molecular formula is C14H34ClN3O2S. The minimum Gasteiger partial charge on any atom is -0.330 e. The summed E-state index contributed by atoms with van der Waals surface area (Å²) in [5.41, 5.74) is 5.41. The van der Waals surface area contributed by atoms with E-state index in [0.717, 1.165) is 25.7 Å². The van der Waals surface area contributed by atoms with Gasteiger partial charge in [0.1, 0.15) is 0 Å². The third kappa shape index (κ3) is 12.4. The number of nitrogens with two attached hydrogens (primary N) is 1. The Labute approximate surface area is 137 Å². The van der Waals surface area contributed by atoms with Crippen molar-refractivity contribution < 1.29 is 8.42 Å². The van der Waals surface area contributed by atoms with E-state index in [-0.39, 0.29) is 12.4 Å². The number of hydrogen-bond donors (Lipinski definition) is 2. The van der Waals surface area contributed by atoms with Crippen LogP contribution in [0, 0.1) is 11.8 Å². The highest BCUT2D eigenvalue weighted by atomic mass is 35.5. The predicted octanol–water partition coefficient (Wildman–Crippen LogP) is 2.38. The van der Waals surface area contributed by atoms with Gasteiger partial charge in [-0.05, 0) is 44.1 Å². The topological polar surface area (TPSA) is 75.4 Å². The van der Waals surface area contributed by atoms with Gasteiger partial charge in [-0.3, -0.25) is 0 Å². The number of halogens is 1. The molecule has 0 saturated carbocycles. The standard InChI is InChI=1S/C14H33N3O2S.ClH/c1-13(2)7-11-17(12-8-14(3)4)20(18,19)16-10-6-5-9-15;/h13-14,16H,5-12,15H2,1-4H3;1H. The monoisotopic (exact) mass is 343 g/mol. The van der Waals surface area contributed by atoms with Gasteiger partial charge < -0.3 is 5.73 Å². The van der Waals surface area contributed by atoms with Gasteiger partial charge in [0.2, 0.25) is 0 Å². The lowest BCUT2D eigenvalue weighted by Gasteiger charge is -2.24. The van der Waals surface area contributed by atoms with Crippen LogP contribution in [-0.4, -0.2) is 38.9 Å². The van der Waals surface area contributed by atoms with Crippen molar-refractivity contribution in [3.8, 4) is 0 Å². The normalized spacial score (nSPS) is 12.2. The van der Waals surface area contributed by atoms with Crippen LogP contribution in [0.25, 0.3) is 0 Å². The average Bonchev–Trinajstić information content (AvgIpc) is 2.33. The van der Waals surface area contributed by atoms with Crippen LogP contribution in [0.15, 0.2) is 0 Å². The highest BCUT2D eigenvalue weighted by molar-refractivity contribution is 7.87. The van der Waals surface area contributed by atoms with E-state index in [9.17, 15) is 8.42 Å². The molecule has 0 aliphatic carbocycles. The Morgan fingerprint density at radius 3 is 1.86 bits per heavy atom. The van der Waals surface area contributed by atoms with Crippen molar-refractivity contribution in [2.45, 2.75) is 53.4 Å². The summed E-state index contributed by atoms with van der Waals surface area (Å²) in [5, 5.41) is 0. The minimum atomic E-state index is -3.35. The third-order valence-electron chi connectivity index (χ3n) is 3.17. The molecule has 21 heavy (non-hydrogen) atoms. The van der Waals surface area contributed by atoms with Crippen LogP contribution in [0.3, 0.4) is 0 Å². The van der Waals surface area contributed by atoms with Gasteiger partial charge in [-0.2, -0.15) is 12.7 Å². The molecule has 0 fully saturated rings. The maximum Gasteiger partial charge on any atom is 0.279 e. The van der Waals surface area contributed by atoms with Crippen molar-refractivity contribution in [3.05, 3.63) is 0 Å². The first kappa shape index (κ1) is 23.4. The molecule has 0 aromatic heterocycles. The lowest BCUT2D eigenvalue weighted by Crippen LogP contribution is -2.42. The van der Waals surface area contributed by atoms with Crippen LogP contribution in [0.4, 0.5) is 0 Å². The molecule has 0 aromatic rings. The first-order chi connectivity index (χ1) is 9.29. The number of rotatable bonds is 12. The Morgan fingerprint density at radius 1 is 1.00 bits per heavy atom. The Kier molecular flexibility index (Phi) is 14.1.